The Labute approximate surface area is 222 Å². The molecule has 1 atom stereocenters. The molecule has 0 aliphatic carbocycles. The van der Waals surface area contributed by atoms with Crippen LogP contribution >= 0.6 is 0 Å². The molecule has 1 unspecified atom stereocenters. The van der Waals surface area contributed by atoms with E-state index in [0.717, 1.165) is 24.3 Å². The van der Waals surface area contributed by atoms with Crippen LogP contribution in [0.4, 0.5) is 5.69 Å². The highest BCUT2D eigenvalue weighted by molar-refractivity contribution is 7.91. The van der Waals surface area contributed by atoms with E-state index in [-0.39, 0.29) is 9.79 Å². The van der Waals surface area contributed by atoms with Gasteiger partial charge in [0.05, 0.1) is 15.4 Å². The standard InChI is InChI=1S/C31H27NO5S/c1-4-32(5-2)21-12-16-26-29(18-21)36-28-17-15-23(38(34,35)22-13-10-20(3)11-14-22)19-27(28)31(26)25-9-7-6-8-24(25)30(33)37-31/h6-19H,4-5H2,1-3H3. The van der Waals surface area contributed by atoms with E-state index in [4.69, 9.17) is 9.47 Å². The van der Waals surface area contributed by atoms with Gasteiger partial charge in [0, 0.05) is 41.5 Å². The normalized spacial score (nSPS) is 17.3. The van der Waals surface area contributed by atoms with Crippen LogP contribution in [0.2, 0.25) is 0 Å². The summed E-state index contributed by atoms with van der Waals surface area (Å²) in [6.07, 6.45) is 0. The van der Waals surface area contributed by atoms with Crippen LogP contribution in [0.1, 0.15) is 46.5 Å². The van der Waals surface area contributed by atoms with Crippen LogP contribution in [0.15, 0.2) is 94.7 Å². The smallest absolute Gasteiger partial charge is 0.340 e. The number of hydrogen-bond donors (Lipinski definition) is 0. The van der Waals surface area contributed by atoms with Gasteiger partial charge in [-0.15, -0.1) is 0 Å². The number of fused-ring (bicyclic) bond motifs is 6. The van der Waals surface area contributed by atoms with Gasteiger partial charge in [-0.3, -0.25) is 0 Å². The molecule has 0 N–H and O–H groups in total. The first kappa shape index (κ1) is 24.2. The van der Waals surface area contributed by atoms with Gasteiger partial charge in [0.1, 0.15) is 11.5 Å². The van der Waals surface area contributed by atoms with Crippen molar-refractivity contribution in [1.82, 2.24) is 0 Å². The number of hydrogen-bond acceptors (Lipinski definition) is 6. The van der Waals surface area contributed by atoms with E-state index >= 15 is 0 Å². The summed E-state index contributed by atoms with van der Waals surface area (Å²) in [5, 5.41) is 0. The summed E-state index contributed by atoms with van der Waals surface area (Å²) in [5.41, 5.74) is 2.87. The Balaban J connectivity index is 1.60. The zero-order valence-corrected chi connectivity index (χ0v) is 22.2. The van der Waals surface area contributed by atoms with Gasteiger partial charge in [-0.1, -0.05) is 35.9 Å². The largest absolute Gasteiger partial charge is 0.456 e. The lowest BCUT2D eigenvalue weighted by Crippen LogP contribution is -2.33. The van der Waals surface area contributed by atoms with Crippen LogP contribution in [-0.2, 0) is 20.2 Å². The van der Waals surface area contributed by atoms with Crippen molar-refractivity contribution in [2.45, 2.75) is 36.2 Å². The summed E-state index contributed by atoms with van der Waals surface area (Å²) in [5.74, 6) is 0.557. The summed E-state index contributed by atoms with van der Waals surface area (Å²) in [4.78, 5) is 15.7. The van der Waals surface area contributed by atoms with Crippen molar-refractivity contribution >= 4 is 21.5 Å². The lowest BCUT2D eigenvalue weighted by atomic mass is 9.77. The topological polar surface area (TPSA) is 72.9 Å². The maximum atomic E-state index is 13.6. The molecule has 192 valence electrons. The van der Waals surface area contributed by atoms with E-state index in [1.165, 1.54) is 0 Å². The van der Waals surface area contributed by atoms with Crippen molar-refractivity contribution in [3.63, 3.8) is 0 Å². The molecule has 6 rings (SSSR count). The number of carbonyl (C=O) groups is 1. The van der Waals surface area contributed by atoms with Gasteiger partial charge in [-0.25, -0.2) is 13.2 Å². The Morgan fingerprint density at radius 1 is 0.763 bits per heavy atom. The molecular weight excluding hydrogens is 498 g/mol. The van der Waals surface area contributed by atoms with E-state index in [0.29, 0.717) is 33.8 Å². The predicted octanol–water partition coefficient (Wildman–Crippen LogP) is 6.24. The number of sulfone groups is 1. The molecule has 0 saturated heterocycles. The minimum absolute atomic E-state index is 0.103. The first-order valence-corrected chi connectivity index (χ1v) is 14.1. The van der Waals surface area contributed by atoms with Gasteiger partial charge in [-0.05, 0) is 69.3 Å². The van der Waals surface area contributed by atoms with Gasteiger partial charge in [-0.2, -0.15) is 0 Å². The van der Waals surface area contributed by atoms with Crippen molar-refractivity contribution in [2.75, 3.05) is 18.0 Å². The Bertz CT molecular complexity index is 1690. The third-order valence-electron chi connectivity index (χ3n) is 7.44. The number of ether oxygens (including phenoxy) is 2. The van der Waals surface area contributed by atoms with Crippen molar-refractivity contribution in [3.05, 3.63) is 113 Å². The zero-order valence-electron chi connectivity index (χ0n) is 21.4. The highest BCUT2D eigenvalue weighted by Crippen LogP contribution is 2.57. The van der Waals surface area contributed by atoms with Crippen LogP contribution in [0.25, 0.3) is 0 Å². The van der Waals surface area contributed by atoms with Crippen LogP contribution in [0.5, 0.6) is 11.5 Å². The maximum absolute atomic E-state index is 13.6. The van der Waals surface area contributed by atoms with Crippen LogP contribution in [0.3, 0.4) is 0 Å². The summed E-state index contributed by atoms with van der Waals surface area (Å²) >= 11 is 0. The Morgan fingerprint density at radius 2 is 1.47 bits per heavy atom. The van der Waals surface area contributed by atoms with Gasteiger partial charge in [0.2, 0.25) is 9.84 Å². The number of nitrogens with zero attached hydrogens (tertiary/aromatic N) is 1. The molecule has 0 saturated carbocycles. The Morgan fingerprint density at radius 3 is 2.21 bits per heavy atom. The molecule has 4 aromatic carbocycles. The van der Waals surface area contributed by atoms with Gasteiger partial charge in [0.15, 0.2) is 5.60 Å². The summed E-state index contributed by atoms with van der Waals surface area (Å²) in [6.45, 7) is 7.74. The van der Waals surface area contributed by atoms with Crippen LogP contribution < -0.4 is 9.64 Å². The monoisotopic (exact) mass is 525 g/mol. The van der Waals surface area contributed by atoms with Crippen molar-refractivity contribution < 1.29 is 22.7 Å². The van der Waals surface area contributed by atoms with Crippen molar-refractivity contribution in [1.29, 1.82) is 0 Å². The fraction of sp³-hybridized carbons (Fsp3) is 0.194. The SMILES string of the molecule is CCN(CC)c1ccc2c(c1)Oc1ccc(S(=O)(=O)c3ccc(C)cc3)cc1C21OC(=O)c2ccccc21. The molecule has 0 radical (unpaired) electrons. The molecule has 7 heteroatoms. The quantitative estimate of drug-likeness (QED) is 0.287. The number of benzene rings is 4. The second-order valence-corrected chi connectivity index (χ2v) is 11.5. The van der Waals surface area contributed by atoms with Gasteiger partial charge >= 0.3 is 5.97 Å². The molecule has 0 bridgehead atoms. The number of anilines is 1. The fourth-order valence-electron chi connectivity index (χ4n) is 5.45. The Kier molecular flexibility index (Phi) is 5.58. The molecule has 0 amide bonds. The molecule has 2 aliphatic heterocycles. The third kappa shape index (κ3) is 3.45. The van der Waals surface area contributed by atoms with E-state index < -0.39 is 21.4 Å². The summed E-state index contributed by atoms with van der Waals surface area (Å²) in [6, 6.07) is 24.6. The zero-order chi connectivity index (χ0) is 26.7. The summed E-state index contributed by atoms with van der Waals surface area (Å²) < 4.78 is 39.8. The van der Waals surface area contributed by atoms with Gasteiger partial charge in [0.25, 0.3) is 0 Å². The number of rotatable bonds is 5. The second-order valence-electron chi connectivity index (χ2n) is 9.55. The second kappa shape index (κ2) is 8.74. The lowest BCUT2D eigenvalue weighted by molar-refractivity contribution is 0.0223. The first-order valence-electron chi connectivity index (χ1n) is 12.7. The van der Waals surface area contributed by atoms with Crippen molar-refractivity contribution in [2.24, 2.45) is 0 Å². The maximum Gasteiger partial charge on any atom is 0.340 e. The van der Waals surface area contributed by atoms with E-state index in [1.807, 2.05) is 37.3 Å². The van der Waals surface area contributed by atoms with Crippen molar-refractivity contribution in [3.8, 4) is 11.5 Å². The Hall–Kier alpha value is -4.10. The highest BCUT2D eigenvalue weighted by Gasteiger charge is 2.53. The van der Waals surface area contributed by atoms with E-state index in [1.54, 1.807) is 54.6 Å². The highest BCUT2D eigenvalue weighted by atomic mass is 32.2. The summed E-state index contributed by atoms with van der Waals surface area (Å²) in [7, 11) is -3.83. The molecule has 4 aromatic rings. The minimum atomic E-state index is -3.83. The molecule has 0 fully saturated rings. The molecule has 38 heavy (non-hydrogen) atoms. The molecule has 1 spiro atoms. The van der Waals surface area contributed by atoms with Crippen LogP contribution in [0, 0.1) is 6.92 Å². The molecular formula is C31H27NO5S. The first-order chi connectivity index (χ1) is 18.3. The molecule has 0 aromatic heterocycles. The average molecular weight is 526 g/mol. The van der Waals surface area contributed by atoms with Gasteiger partial charge < -0.3 is 14.4 Å². The molecule has 6 nitrogen and oxygen atoms in total. The van der Waals surface area contributed by atoms with E-state index in [9.17, 15) is 13.2 Å². The number of esters is 1. The third-order valence-corrected chi connectivity index (χ3v) is 9.20. The average Bonchev–Trinajstić information content (AvgIpc) is 3.22. The lowest BCUT2D eigenvalue weighted by Gasteiger charge is -2.37. The number of carbonyl (C=O) groups excluding carboxylic acids is 1. The van der Waals surface area contributed by atoms with Crippen LogP contribution in [-0.4, -0.2) is 27.5 Å². The fourth-order valence-corrected chi connectivity index (χ4v) is 6.73. The predicted molar refractivity (Wildman–Crippen MR) is 145 cm³/mol. The van der Waals surface area contributed by atoms with E-state index in [2.05, 4.69) is 18.7 Å². The molecule has 2 aliphatic rings. The molecule has 2 heterocycles. The minimum Gasteiger partial charge on any atom is -0.456 e. The number of aryl methyl sites for hydroxylation is 1.